The van der Waals surface area contributed by atoms with E-state index in [-0.39, 0.29) is 23.9 Å². The molecule has 6 N–H and O–H groups in total. The molecule has 0 atom stereocenters. The first kappa shape index (κ1) is 14.7. The lowest BCUT2D eigenvalue weighted by Crippen LogP contribution is -2.26. The molecular weight excluding hydrogens is 270 g/mol. The molecule has 0 saturated carbocycles. The Bertz CT molecular complexity index is 671. The summed E-state index contributed by atoms with van der Waals surface area (Å²) in [5.74, 6) is 5.18. The number of carbonyl (C=O) groups excluding carboxylic acids is 2. The van der Waals surface area contributed by atoms with Crippen LogP contribution in [0.2, 0.25) is 0 Å². The second kappa shape index (κ2) is 6.67. The monoisotopic (exact) mass is 287 g/mol. The first-order chi connectivity index (χ1) is 10.1. The van der Waals surface area contributed by atoms with Crippen LogP contribution in [0.15, 0.2) is 30.3 Å². The number of hydrazine groups is 1. The second-order valence-corrected chi connectivity index (χ2v) is 4.55. The topological polar surface area (TPSA) is 123 Å². The van der Waals surface area contributed by atoms with Crippen LogP contribution in [-0.2, 0) is 4.79 Å². The standard InChI is InChI=1S/C14H17N5O2/c15-12(20)6-3-7-17-14(21)11-8-9-4-1-2-5-10(9)13(18-11)19-16/h1-2,4-5,8H,3,6-7,16H2,(H2,15,20)(H,17,21)(H,18,19). The molecule has 0 spiro atoms. The second-order valence-electron chi connectivity index (χ2n) is 4.55. The molecule has 7 heteroatoms. The average Bonchev–Trinajstić information content (AvgIpc) is 2.50. The molecule has 1 aromatic carbocycles. The summed E-state index contributed by atoms with van der Waals surface area (Å²) in [6, 6.07) is 9.18. The highest BCUT2D eigenvalue weighted by atomic mass is 16.2. The Morgan fingerprint density at radius 3 is 2.71 bits per heavy atom. The van der Waals surface area contributed by atoms with Crippen LogP contribution in [0.4, 0.5) is 5.82 Å². The maximum absolute atomic E-state index is 12.0. The number of anilines is 1. The zero-order valence-electron chi connectivity index (χ0n) is 11.4. The summed E-state index contributed by atoms with van der Waals surface area (Å²) in [6.07, 6.45) is 0.734. The van der Waals surface area contributed by atoms with Crippen molar-refractivity contribution in [2.45, 2.75) is 12.8 Å². The van der Waals surface area contributed by atoms with Crippen molar-refractivity contribution in [3.05, 3.63) is 36.0 Å². The van der Waals surface area contributed by atoms with Gasteiger partial charge in [-0.2, -0.15) is 0 Å². The van der Waals surface area contributed by atoms with E-state index in [2.05, 4.69) is 15.7 Å². The van der Waals surface area contributed by atoms with Crippen molar-refractivity contribution in [1.82, 2.24) is 10.3 Å². The van der Waals surface area contributed by atoms with Crippen molar-refractivity contribution in [1.29, 1.82) is 0 Å². The molecule has 1 heterocycles. The predicted molar refractivity (Wildman–Crippen MR) is 80.3 cm³/mol. The maximum atomic E-state index is 12.0. The van der Waals surface area contributed by atoms with Gasteiger partial charge in [0.2, 0.25) is 5.91 Å². The van der Waals surface area contributed by atoms with Crippen molar-refractivity contribution >= 4 is 28.4 Å². The minimum absolute atomic E-state index is 0.237. The SMILES string of the molecule is NNc1nc(C(=O)NCCCC(N)=O)cc2ccccc12. The van der Waals surface area contributed by atoms with Gasteiger partial charge in [0.05, 0.1) is 0 Å². The Balaban J connectivity index is 2.14. The van der Waals surface area contributed by atoms with Crippen LogP contribution < -0.4 is 22.3 Å². The number of aromatic nitrogens is 1. The molecule has 0 aliphatic carbocycles. The van der Waals surface area contributed by atoms with Crippen molar-refractivity contribution in [2.75, 3.05) is 12.0 Å². The minimum atomic E-state index is -0.386. The number of nitrogens with zero attached hydrogens (tertiary/aromatic N) is 1. The van der Waals surface area contributed by atoms with Gasteiger partial charge in [0.1, 0.15) is 11.5 Å². The first-order valence-electron chi connectivity index (χ1n) is 6.54. The van der Waals surface area contributed by atoms with Crippen LogP contribution in [0.25, 0.3) is 10.8 Å². The Hall–Kier alpha value is -2.67. The lowest BCUT2D eigenvalue weighted by atomic mass is 10.1. The van der Waals surface area contributed by atoms with E-state index in [4.69, 9.17) is 11.6 Å². The molecule has 0 fully saturated rings. The lowest BCUT2D eigenvalue weighted by Gasteiger charge is -2.09. The number of rotatable bonds is 6. The van der Waals surface area contributed by atoms with E-state index >= 15 is 0 Å². The van der Waals surface area contributed by atoms with Crippen molar-refractivity contribution < 1.29 is 9.59 Å². The number of hydrogen-bond donors (Lipinski definition) is 4. The number of primary amides is 1. The first-order valence-corrected chi connectivity index (χ1v) is 6.54. The van der Waals surface area contributed by atoms with E-state index in [0.29, 0.717) is 18.8 Å². The Morgan fingerprint density at radius 1 is 1.24 bits per heavy atom. The molecule has 0 bridgehead atoms. The van der Waals surface area contributed by atoms with E-state index in [0.717, 1.165) is 10.8 Å². The van der Waals surface area contributed by atoms with E-state index in [1.54, 1.807) is 6.07 Å². The normalized spacial score (nSPS) is 10.3. The van der Waals surface area contributed by atoms with Gasteiger partial charge in [0.25, 0.3) is 5.91 Å². The minimum Gasteiger partial charge on any atom is -0.370 e. The fourth-order valence-corrected chi connectivity index (χ4v) is 1.98. The number of pyridine rings is 1. The van der Waals surface area contributed by atoms with E-state index < -0.39 is 0 Å². The van der Waals surface area contributed by atoms with Crippen LogP contribution in [0.5, 0.6) is 0 Å². The van der Waals surface area contributed by atoms with Gasteiger partial charge >= 0.3 is 0 Å². The number of amides is 2. The van der Waals surface area contributed by atoms with Crippen LogP contribution in [0, 0.1) is 0 Å². The highest BCUT2D eigenvalue weighted by Crippen LogP contribution is 2.21. The van der Waals surface area contributed by atoms with Gasteiger partial charge in [0, 0.05) is 18.4 Å². The molecule has 21 heavy (non-hydrogen) atoms. The fraction of sp³-hybridized carbons (Fsp3) is 0.214. The maximum Gasteiger partial charge on any atom is 0.269 e. The highest BCUT2D eigenvalue weighted by Gasteiger charge is 2.11. The van der Waals surface area contributed by atoms with Crippen LogP contribution in [-0.4, -0.2) is 23.3 Å². The molecular formula is C14H17N5O2. The Kier molecular flexibility index (Phi) is 4.68. The Labute approximate surface area is 121 Å². The van der Waals surface area contributed by atoms with E-state index in [1.165, 1.54) is 0 Å². The summed E-state index contributed by atoms with van der Waals surface area (Å²) < 4.78 is 0. The van der Waals surface area contributed by atoms with Gasteiger partial charge in [-0.1, -0.05) is 24.3 Å². The van der Waals surface area contributed by atoms with Crippen molar-refractivity contribution in [2.24, 2.45) is 11.6 Å². The van der Waals surface area contributed by atoms with Gasteiger partial charge in [0.15, 0.2) is 0 Å². The summed E-state index contributed by atoms with van der Waals surface area (Å²) >= 11 is 0. The van der Waals surface area contributed by atoms with Crippen LogP contribution >= 0.6 is 0 Å². The number of hydrogen-bond acceptors (Lipinski definition) is 5. The average molecular weight is 287 g/mol. The molecule has 1 aromatic heterocycles. The zero-order valence-corrected chi connectivity index (χ0v) is 11.4. The largest absolute Gasteiger partial charge is 0.370 e. The molecule has 0 aliphatic rings. The summed E-state index contributed by atoms with van der Waals surface area (Å²) in [7, 11) is 0. The third-order valence-corrected chi connectivity index (χ3v) is 3.00. The van der Waals surface area contributed by atoms with Gasteiger partial charge < -0.3 is 16.5 Å². The predicted octanol–water partition coefficient (Wildman–Crippen LogP) is 0.516. The smallest absolute Gasteiger partial charge is 0.269 e. The molecule has 0 radical (unpaired) electrons. The molecule has 2 aromatic rings. The zero-order chi connectivity index (χ0) is 15.2. The summed E-state index contributed by atoms with van der Waals surface area (Å²) in [5.41, 5.74) is 7.79. The summed E-state index contributed by atoms with van der Waals surface area (Å²) in [4.78, 5) is 26.9. The van der Waals surface area contributed by atoms with Crippen LogP contribution in [0.1, 0.15) is 23.3 Å². The third-order valence-electron chi connectivity index (χ3n) is 3.00. The highest BCUT2D eigenvalue weighted by molar-refractivity contribution is 6.00. The number of benzene rings is 1. The van der Waals surface area contributed by atoms with Gasteiger partial charge in [-0.3, -0.25) is 9.59 Å². The molecule has 2 rings (SSSR count). The molecule has 2 amide bonds. The molecule has 7 nitrogen and oxygen atoms in total. The summed E-state index contributed by atoms with van der Waals surface area (Å²) in [6.45, 7) is 0.363. The van der Waals surface area contributed by atoms with Crippen molar-refractivity contribution in [3.63, 3.8) is 0 Å². The number of nitrogens with one attached hydrogen (secondary N) is 2. The van der Waals surface area contributed by atoms with Gasteiger partial charge in [-0.15, -0.1) is 0 Å². The van der Waals surface area contributed by atoms with E-state index in [1.807, 2.05) is 24.3 Å². The quantitative estimate of drug-likeness (QED) is 0.350. The summed E-state index contributed by atoms with van der Waals surface area (Å²) in [5, 5.41) is 4.39. The number of fused-ring (bicyclic) bond motifs is 1. The molecule has 0 unspecified atom stereocenters. The Morgan fingerprint density at radius 2 is 2.00 bits per heavy atom. The van der Waals surface area contributed by atoms with E-state index in [9.17, 15) is 9.59 Å². The molecule has 0 saturated heterocycles. The lowest BCUT2D eigenvalue weighted by molar-refractivity contribution is -0.118. The van der Waals surface area contributed by atoms with Gasteiger partial charge in [-0.05, 0) is 17.9 Å². The number of carbonyl (C=O) groups is 2. The van der Waals surface area contributed by atoms with Crippen molar-refractivity contribution in [3.8, 4) is 0 Å². The fourth-order valence-electron chi connectivity index (χ4n) is 1.98. The number of nitrogen functional groups attached to an aromatic ring is 1. The third kappa shape index (κ3) is 3.67. The molecule has 110 valence electrons. The van der Waals surface area contributed by atoms with Crippen LogP contribution in [0.3, 0.4) is 0 Å². The number of nitrogens with two attached hydrogens (primary N) is 2. The van der Waals surface area contributed by atoms with Gasteiger partial charge in [-0.25, -0.2) is 10.8 Å². The molecule has 0 aliphatic heterocycles.